The summed E-state index contributed by atoms with van der Waals surface area (Å²) < 4.78 is 10.7. The van der Waals surface area contributed by atoms with E-state index in [-0.39, 0.29) is 12.8 Å². The molecule has 0 aromatic heterocycles. The van der Waals surface area contributed by atoms with E-state index < -0.39 is 13.3 Å². The molecule has 66 valence electrons. The smallest absolute Gasteiger partial charge is 0.317 e. The molecule has 1 unspecified atom stereocenters. The van der Waals surface area contributed by atoms with Gasteiger partial charge in [0.25, 0.3) is 0 Å². The van der Waals surface area contributed by atoms with Crippen molar-refractivity contribution in [3.8, 4) is 0 Å². The first kappa shape index (κ1) is 10.6. The number of carboxylic acids is 1. The Labute approximate surface area is 65.1 Å². The van der Waals surface area contributed by atoms with Crippen molar-refractivity contribution in [2.24, 2.45) is 0 Å². The lowest BCUT2D eigenvalue weighted by atomic mass is 10.6. The molecule has 0 fully saturated rings. The van der Waals surface area contributed by atoms with E-state index >= 15 is 0 Å². The highest BCUT2D eigenvalue weighted by Gasteiger charge is 2.14. The second kappa shape index (κ2) is 3.85. The molecule has 5 nitrogen and oxygen atoms in total. The average Bonchev–Trinajstić information content (AvgIpc) is 1.53. The molecule has 0 saturated carbocycles. The first-order valence-corrected chi connectivity index (χ1v) is 5.30. The molecular weight excluding hydrogens is 169 g/mol. The maximum Gasteiger partial charge on any atom is 0.317 e. The van der Waals surface area contributed by atoms with Crippen LogP contribution in [0.15, 0.2) is 0 Å². The maximum absolute atomic E-state index is 10.7. The van der Waals surface area contributed by atoms with E-state index in [1.54, 1.807) is 0 Å². The molecule has 0 rings (SSSR count). The van der Waals surface area contributed by atoms with Crippen molar-refractivity contribution in [2.45, 2.75) is 0 Å². The first-order valence-electron chi connectivity index (χ1n) is 3.01. The van der Waals surface area contributed by atoms with Crippen molar-refractivity contribution in [1.29, 1.82) is 0 Å². The number of hydrogen-bond donors (Lipinski definition) is 2. The Balaban J connectivity index is 3.79. The number of hydrogen-bond acceptors (Lipinski definition) is 3. The average molecular weight is 181 g/mol. The molecule has 0 aliphatic heterocycles. The highest BCUT2D eigenvalue weighted by molar-refractivity contribution is 7.57. The molecule has 0 aromatic carbocycles. The lowest BCUT2D eigenvalue weighted by molar-refractivity contribution is -0.137. The van der Waals surface area contributed by atoms with Gasteiger partial charge in [-0.3, -0.25) is 14.3 Å². The van der Waals surface area contributed by atoms with Gasteiger partial charge in [0.15, 0.2) is 0 Å². The second-order valence-electron chi connectivity index (χ2n) is 2.60. The predicted octanol–water partition coefficient (Wildman–Crippen LogP) is -0.139. The summed E-state index contributed by atoms with van der Waals surface area (Å²) in [5.74, 6) is -0.999. The number of carboxylic acid groups (broad SMARTS) is 1. The molecule has 0 aliphatic rings. The zero-order chi connectivity index (χ0) is 9.07. The second-order valence-corrected chi connectivity index (χ2v) is 4.99. The maximum atomic E-state index is 10.7. The molecule has 0 spiro atoms. The van der Waals surface area contributed by atoms with Crippen LogP contribution in [0.25, 0.3) is 0 Å². The first-order chi connectivity index (χ1) is 4.81. The Morgan fingerprint density at radius 2 is 2.09 bits per heavy atom. The molecule has 1 atom stereocenters. The highest BCUT2D eigenvalue weighted by atomic mass is 31.2. The van der Waals surface area contributed by atoms with Gasteiger partial charge in [-0.05, 0) is 7.05 Å². The third-order valence-electron chi connectivity index (χ3n) is 0.909. The van der Waals surface area contributed by atoms with Crippen molar-refractivity contribution in [3.05, 3.63) is 0 Å². The minimum absolute atomic E-state index is 0.0840. The van der Waals surface area contributed by atoms with Crippen LogP contribution in [0.2, 0.25) is 0 Å². The van der Waals surface area contributed by atoms with Crippen LogP contribution in [-0.4, -0.2) is 47.4 Å². The summed E-state index contributed by atoms with van der Waals surface area (Å²) in [6.07, 6.45) is -0.0840. The number of carbonyl (C=O) groups is 1. The molecule has 0 amide bonds. The fraction of sp³-hybridized carbons (Fsp3) is 0.800. The van der Waals surface area contributed by atoms with Crippen molar-refractivity contribution in [2.75, 3.05) is 26.5 Å². The highest BCUT2D eigenvalue weighted by Crippen LogP contribution is 2.34. The van der Waals surface area contributed by atoms with Crippen LogP contribution in [0, 0.1) is 0 Å². The van der Waals surface area contributed by atoms with Crippen LogP contribution in [-0.2, 0) is 9.36 Å². The Morgan fingerprint density at radius 3 is 2.36 bits per heavy atom. The van der Waals surface area contributed by atoms with E-state index in [9.17, 15) is 9.36 Å². The standard InChI is InChI=1S/C5H12NO4P/c1-6(3-5(7)8)4-11(2,9)10/h3-4H2,1-2H3,(H,7,8)(H,9,10). The van der Waals surface area contributed by atoms with E-state index in [1.807, 2.05) is 0 Å². The van der Waals surface area contributed by atoms with Gasteiger partial charge in [-0.1, -0.05) is 0 Å². The molecule has 2 N–H and O–H groups in total. The van der Waals surface area contributed by atoms with Crippen LogP contribution >= 0.6 is 7.37 Å². The summed E-state index contributed by atoms with van der Waals surface area (Å²) in [5.41, 5.74) is 0. The quantitative estimate of drug-likeness (QED) is 0.590. The number of likely N-dealkylation sites (N-methyl/N-ethyl adjacent to an activating group) is 1. The largest absolute Gasteiger partial charge is 0.480 e. The Morgan fingerprint density at radius 1 is 1.64 bits per heavy atom. The minimum Gasteiger partial charge on any atom is -0.480 e. The summed E-state index contributed by atoms with van der Waals surface area (Å²) in [7, 11) is -1.63. The minimum atomic E-state index is -3.12. The van der Waals surface area contributed by atoms with Gasteiger partial charge >= 0.3 is 5.97 Å². The van der Waals surface area contributed by atoms with E-state index in [0.717, 1.165) is 0 Å². The summed E-state index contributed by atoms with van der Waals surface area (Å²) in [5, 5.41) is 8.27. The number of aliphatic carboxylic acids is 1. The van der Waals surface area contributed by atoms with Gasteiger partial charge in [-0.2, -0.15) is 0 Å². The topological polar surface area (TPSA) is 77.8 Å². The molecule has 11 heavy (non-hydrogen) atoms. The lowest BCUT2D eigenvalue weighted by Crippen LogP contribution is -2.26. The zero-order valence-electron chi connectivity index (χ0n) is 6.52. The zero-order valence-corrected chi connectivity index (χ0v) is 7.41. The Kier molecular flexibility index (Phi) is 3.72. The van der Waals surface area contributed by atoms with Gasteiger partial charge in [0.1, 0.15) is 0 Å². The molecule has 0 bridgehead atoms. The summed E-state index contributed by atoms with van der Waals surface area (Å²) >= 11 is 0. The van der Waals surface area contributed by atoms with Crippen molar-refractivity contribution >= 4 is 13.3 Å². The van der Waals surface area contributed by atoms with E-state index in [0.29, 0.717) is 0 Å². The fourth-order valence-electron chi connectivity index (χ4n) is 0.729. The van der Waals surface area contributed by atoms with Crippen molar-refractivity contribution in [1.82, 2.24) is 4.90 Å². The van der Waals surface area contributed by atoms with Crippen molar-refractivity contribution < 1.29 is 19.4 Å². The van der Waals surface area contributed by atoms with Gasteiger partial charge in [-0.15, -0.1) is 0 Å². The monoisotopic (exact) mass is 181 g/mol. The van der Waals surface area contributed by atoms with Crippen LogP contribution in [0.4, 0.5) is 0 Å². The molecule has 0 aromatic rings. The molecule has 0 aliphatic carbocycles. The molecular formula is C5H12NO4P. The summed E-state index contributed by atoms with van der Waals surface area (Å²) in [4.78, 5) is 20.2. The number of nitrogens with zero attached hydrogens (tertiary/aromatic N) is 1. The lowest BCUT2D eigenvalue weighted by Gasteiger charge is -2.15. The van der Waals surface area contributed by atoms with E-state index in [2.05, 4.69) is 0 Å². The molecule has 0 radical (unpaired) electrons. The Bertz CT molecular complexity index is 187. The van der Waals surface area contributed by atoms with Gasteiger partial charge in [0.05, 0.1) is 12.8 Å². The molecule has 0 saturated heterocycles. The van der Waals surface area contributed by atoms with Crippen LogP contribution in [0.5, 0.6) is 0 Å². The summed E-state index contributed by atoms with van der Waals surface area (Å²) in [6, 6.07) is 0. The van der Waals surface area contributed by atoms with Gasteiger partial charge in [0, 0.05) is 6.66 Å². The number of rotatable bonds is 4. The molecule has 6 heteroatoms. The van der Waals surface area contributed by atoms with Crippen molar-refractivity contribution in [3.63, 3.8) is 0 Å². The fourth-order valence-corrected chi connectivity index (χ4v) is 1.72. The van der Waals surface area contributed by atoms with E-state index in [4.69, 9.17) is 10.00 Å². The van der Waals surface area contributed by atoms with E-state index in [1.165, 1.54) is 18.6 Å². The predicted molar refractivity (Wildman–Crippen MR) is 40.9 cm³/mol. The van der Waals surface area contributed by atoms with Gasteiger partial charge < -0.3 is 10.00 Å². The third-order valence-corrected chi connectivity index (χ3v) is 1.92. The third kappa shape index (κ3) is 7.52. The van der Waals surface area contributed by atoms with Crippen LogP contribution in [0.1, 0.15) is 0 Å². The van der Waals surface area contributed by atoms with Gasteiger partial charge in [-0.25, -0.2) is 0 Å². The SMILES string of the molecule is CN(CC(=O)O)CP(C)(=O)O. The summed E-state index contributed by atoms with van der Waals surface area (Å²) in [6.45, 7) is 0.990. The Hall–Kier alpha value is -0.380. The van der Waals surface area contributed by atoms with Crippen LogP contribution in [0.3, 0.4) is 0 Å². The van der Waals surface area contributed by atoms with Crippen LogP contribution < -0.4 is 0 Å². The van der Waals surface area contributed by atoms with Gasteiger partial charge in [0.2, 0.25) is 7.37 Å². The molecule has 0 heterocycles. The normalized spacial score (nSPS) is 16.4.